The SMILES string of the molecule is C[C@H]1CCCC[NH+]1CCCNC(=O)CCNC(=O)c1ccc(C(C)(C)C)cc1. The summed E-state index contributed by atoms with van der Waals surface area (Å²) < 4.78 is 0. The second-order valence-corrected chi connectivity index (χ2v) is 9.09. The molecule has 28 heavy (non-hydrogen) atoms. The summed E-state index contributed by atoms with van der Waals surface area (Å²) in [6, 6.07) is 8.43. The zero-order chi connectivity index (χ0) is 20.6. The number of quaternary nitrogens is 1. The standard InChI is InChI=1S/C23H37N3O2/c1-18-8-5-6-16-26(18)17-7-14-24-21(27)13-15-25-22(28)19-9-11-20(12-10-19)23(2,3)4/h9-12,18H,5-8,13-17H2,1-4H3,(H,24,27)(H,25,28)/p+1/t18-/m0/s1. The van der Waals surface area contributed by atoms with Crippen molar-refractivity contribution in [3.05, 3.63) is 35.4 Å². The normalized spacial score (nSPS) is 19.9. The number of amides is 2. The molecule has 1 aromatic rings. The van der Waals surface area contributed by atoms with E-state index in [4.69, 9.17) is 0 Å². The van der Waals surface area contributed by atoms with Gasteiger partial charge in [0.1, 0.15) is 0 Å². The van der Waals surface area contributed by atoms with Gasteiger partial charge in [0, 0.05) is 31.5 Å². The molecule has 1 fully saturated rings. The lowest BCUT2D eigenvalue weighted by molar-refractivity contribution is -0.928. The third-order valence-corrected chi connectivity index (χ3v) is 5.73. The van der Waals surface area contributed by atoms with Crippen LogP contribution in [0.2, 0.25) is 0 Å². The first kappa shape index (κ1) is 22.4. The van der Waals surface area contributed by atoms with Gasteiger partial charge < -0.3 is 15.5 Å². The number of likely N-dealkylation sites (tertiary alicyclic amines) is 1. The highest BCUT2D eigenvalue weighted by atomic mass is 16.2. The molecule has 1 heterocycles. The molecule has 2 atom stereocenters. The third-order valence-electron chi connectivity index (χ3n) is 5.73. The van der Waals surface area contributed by atoms with E-state index in [9.17, 15) is 9.59 Å². The van der Waals surface area contributed by atoms with Crippen molar-refractivity contribution in [3.8, 4) is 0 Å². The van der Waals surface area contributed by atoms with Gasteiger partial charge in [0.2, 0.25) is 5.91 Å². The molecule has 0 spiro atoms. The van der Waals surface area contributed by atoms with Crippen molar-refractivity contribution in [1.82, 2.24) is 10.6 Å². The zero-order valence-corrected chi connectivity index (χ0v) is 18.1. The van der Waals surface area contributed by atoms with Gasteiger partial charge in [-0.1, -0.05) is 32.9 Å². The fourth-order valence-corrected chi connectivity index (χ4v) is 3.77. The summed E-state index contributed by atoms with van der Waals surface area (Å²) in [5.74, 6) is -0.124. The van der Waals surface area contributed by atoms with Crippen molar-refractivity contribution in [2.75, 3.05) is 26.2 Å². The van der Waals surface area contributed by atoms with Crippen LogP contribution in [-0.4, -0.2) is 44.0 Å². The smallest absolute Gasteiger partial charge is 0.251 e. The molecule has 0 aliphatic carbocycles. The van der Waals surface area contributed by atoms with Gasteiger partial charge in [0.15, 0.2) is 0 Å². The van der Waals surface area contributed by atoms with Crippen LogP contribution < -0.4 is 15.5 Å². The van der Waals surface area contributed by atoms with Crippen LogP contribution in [0.25, 0.3) is 0 Å². The van der Waals surface area contributed by atoms with E-state index in [2.05, 4.69) is 38.3 Å². The van der Waals surface area contributed by atoms with Crippen LogP contribution in [0.3, 0.4) is 0 Å². The molecule has 1 aliphatic heterocycles. The maximum absolute atomic E-state index is 12.2. The summed E-state index contributed by atoms with van der Waals surface area (Å²) in [6.45, 7) is 12.2. The molecule has 1 aliphatic rings. The molecule has 3 N–H and O–H groups in total. The summed E-state index contributed by atoms with van der Waals surface area (Å²) >= 11 is 0. The minimum Gasteiger partial charge on any atom is -0.356 e. The fourth-order valence-electron chi connectivity index (χ4n) is 3.77. The van der Waals surface area contributed by atoms with Gasteiger partial charge in [-0.2, -0.15) is 0 Å². The lowest BCUT2D eigenvalue weighted by Gasteiger charge is -2.30. The second-order valence-electron chi connectivity index (χ2n) is 9.09. The number of piperidine rings is 1. The topological polar surface area (TPSA) is 62.6 Å². The molecule has 5 heteroatoms. The Labute approximate surface area is 170 Å². The Morgan fingerprint density at radius 3 is 2.43 bits per heavy atom. The van der Waals surface area contributed by atoms with Gasteiger partial charge in [-0.3, -0.25) is 9.59 Å². The molecular formula is C23H38N3O2+. The largest absolute Gasteiger partial charge is 0.356 e. The molecule has 5 nitrogen and oxygen atoms in total. The van der Waals surface area contributed by atoms with E-state index in [1.807, 2.05) is 24.3 Å². The zero-order valence-electron chi connectivity index (χ0n) is 18.1. The fraction of sp³-hybridized carbons (Fsp3) is 0.652. The molecule has 0 aromatic heterocycles. The Balaban J connectivity index is 1.60. The predicted octanol–water partition coefficient (Wildman–Crippen LogP) is 2.07. The highest BCUT2D eigenvalue weighted by molar-refractivity contribution is 5.94. The van der Waals surface area contributed by atoms with Gasteiger partial charge in [0.25, 0.3) is 5.91 Å². The van der Waals surface area contributed by atoms with E-state index in [0.29, 0.717) is 18.5 Å². The summed E-state index contributed by atoms with van der Waals surface area (Å²) in [5, 5.41) is 5.80. The third kappa shape index (κ3) is 7.27. The van der Waals surface area contributed by atoms with Crippen molar-refractivity contribution in [1.29, 1.82) is 0 Å². The lowest BCUT2D eigenvalue weighted by Crippen LogP contribution is -3.16. The van der Waals surface area contributed by atoms with Crippen molar-refractivity contribution in [2.45, 2.75) is 71.3 Å². The van der Waals surface area contributed by atoms with Crippen molar-refractivity contribution in [2.24, 2.45) is 0 Å². The summed E-state index contributed by atoms with van der Waals surface area (Å²) in [4.78, 5) is 25.8. The van der Waals surface area contributed by atoms with Gasteiger partial charge in [-0.05, 0) is 49.3 Å². The molecule has 2 rings (SSSR count). The number of benzene rings is 1. The highest BCUT2D eigenvalue weighted by Crippen LogP contribution is 2.22. The van der Waals surface area contributed by atoms with E-state index in [1.54, 1.807) is 4.90 Å². The van der Waals surface area contributed by atoms with Gasteiger partial charge in [-0.15, -0.1) is 0 Å². The molecule has 0 saturated carbocycles. The van der Waals surface area contributed by atoms with E-state index in [0.717, 1.165) is 25.6 Å². The summed E-state index contributed by atoms with van der Waals surface area (Å²) in [7, 11) is 0. The molecule has 1 aromatic carbocycles. The molecule has 0 radical (unpaired) electrons. The molecular weight excluding hydrogens is 350 g/mol. The Hall–Kier alpha value is -1.88. The quantitative estimate of drug-likeness (QED) is 0.597. The number of hydrogen-bond acceptors (Lipinski definition) is 2. The maximum atomic E-state index is 12.2. The Morgan fingerprint density at radius 1 is 1.07 bits per heavy atom. The first-order chi connectivity index (χ1) is 13.3. The van der Waals surface area contributed by atoms with E-state index in [1.165, 1.54) is 31.4 Å². The average molecular weight is 389 g/mol. The van der Waals surface area contributed by atoms with Gasteiger partial charge >= 0.3 is 0 Å². The van der Waals surface area contributed by atoms with Crippen LogP contribution in [-0.2, 0) is 10.2 Å². The highest BCUT2D eigenvalue weighted by Gasteiger charge is 2.21. The van der Waals surface area contributed by atoms with Crippen LogP contribution in [0.4, 0.5) is 0 Å². The Kier molecular flexibility index (Phi) is 8.49. The molecule has 2 amide bonds. The Morgan fingerprint density at radius 2 is 1.79 bits per heavy atom. The lowest BCUT2D eigenvalue weighted by atomic mass is 9.87. The van der Waals surface area contributed by atoms with Crippen LogP contribution >= 0.6 is 0 Å². The maximum Gasteiger partial charge on any atom is 0.251 e. The van der Waals surface area contributed by atoms with Gasteiger partial charge in [-0.25, -0.2) is 0 Å². The number of hydrogen-bond donors (Lipinski definition) is 3. The van der Waals surface area contributed by atoms with Crippen molar-refractivity contribution >= 4 is 11.8 Å². The van der Waals surface area contributed by atoms with E-state index < -0.39 is 0 Å². The van der Waals surface area contributed by atoms with Gasteiger partial charge in [0.05, 0.1) is 19.1 Å². The monoisotopic (exact) mass is 388 g/mol. The first-order valence-corrected chi connectivity index (χ1v) is 10.8. The number of carbonyl (C=O) groups excluding carboxylic acids is 2. The number of carbonyl (C=O) groups is 2. The van der Waals surface area contributed by atoms with Crippen LogP contribution in [0.1, 0.15) is 75.7 Å². The number of nitrogens with one attached hydrogen (secondary N) is 3. The van der Waals surface area contributed by atoms with E-state index in [-0.39, 0.29) is 17.2 Å². The average Bonchev–Trinajstić information content (AvgIpc) is 2.66. The molecule has 1 unspecified atom stereocenters. The first-order valence-electron chi connectivity index (χ1n) is 10.8. The molecule has 0 bridgehead atoms. The van der Waals surface area contributed by atoms with Crippen LogP contribution in [0.5, 0.6) is 0 Å². The predicted molar refractivity (Wildman–Crippen MR) is 114 cm³/mol. The Bertz CT molecular complexity index is 634. The minimum absolute atomic E-state index is 0.00470. The second kappa shape index (κ2) is 10.6. The minimum atomic E-state index is -0.129. The molecule has 1 saturated heterocycles. The van der Waals surface area contributed by atoms with E-state index >= 15 is 0 Å². The summed E-state index contributed by atoms with van der Waals surface area (Å²) in [5.41, 5.74) is 1.90. The summed E-state index contributed by atoms with van der Waals surface area (Å²) in [6.07, 6.45) is 5.33. The van der Waals surface area contributed by atoms with Crippen LogP contribution in [0.15, 0.2) is 24.3 Å². The molecule has 156 valence electrons. The van der Waals surface area contributed by atoms with Crippen molar-refractivity contribution < 1.29 is 14.5 Å². The van der Waals surface area contributed by atoms with Crippen LogP contribution in [0, 0.1) is 0 Å². The van der Waals surface area contributed by atoms with Crippen molar-refractivity contribution in [3.63, 3.8) is 0 Å². The number of rotatable bonds is 8.